The van der Waals surface area contributed by atoms with Crippen LogP contribution in [0.1, 0.15) is 73.5 Å². The van der Waals surface area contributed by atoms with Gasteiger partial charge in [-0.15, -0.1) is 0 Å². The molecule has 0 aliphatic heterocycles. The lowest BCUT2D eigenvalue weighted by atomic mass is 9.83. The number of carbonyl (C=O) groups is 4. The smallest absolute Gasteiger partial charge is 0.329 e. The predicted octanol–water partition coefficient (Wildman–Crippen LogP) is 6.61. The Bertz CT molecular complexity index is 1480. The summed E-state index contributed by atoms with van der Waals surface area (Å²) in [7, 11) is 0. The van der Waals surface area contributed by atoms with Gasteiger partial charge in [0, 0.05) is 18.5 Å². The van der Waals surface area contributed by atoms with Gasteiger partial charge in [0.25, 0.3) is 5.91 Å². The molecule has 41 heavy (non-hydrogen) atoms. The average molecular weight is 558 g/mol. The van der Waals surface area contributed by atoms with E-state index in [0.29, 0.717) is 30.6 Å². The highest BCUT2D eigenvalue weighted by molar-refractivity contribution is 6.10. The number of nitrogens with one attached hydrogen (secondary N) is 3. The van der Waals surface area contributed by atoms with Gasteiger partial charge in [-0.2, -0.15) is 0 Å². The number of anilines is 2. The molecule has 0 saturated heterocycles. The van der Waals surface area contributed by atoms with E-state index >= 15 is 0 Å². The van der Waals surface area contributed by atoms with Crippen molar-refractivity contribution in [2.24, 2.45) is 5.92 Å². The third kappa shape index (κ3) is 7.51. The lowest BCUT2D eigenvalue weighted by molar-refractivity contribution is -0.159. The van der Waals surface area contributed by atoms with Crippen molar-refractivity contribution in [1.29, 1.82) is 0 Å². The molecule has 0 radical (unpaired) electrons. The Hall–Kier alpha value is -4.20. The van der Waals surface area contributed by atoms with Gasteiger partial charge in [0.1, 0.15) is 17.4 Å². The van der Waals surface area contributed by atoms with Gasteiger partial charge in [-0.25, -0.2) is 9.59 Å². The second-order valence-corrected chi connectivity index (χ2v) is 12.0. The van der Waals surface area contributed by atoms with Gasteiger partial charge in [-0.3, -0.25) is 9.59 Å². The van der Waals surface area contributed by atoms with Gasteiger partial charge in [-0.05, 0) is 94.3 Å². The molecule has 3 aromatic carbocycles. The summed E-state index contributed by atoms with van der Waals surface area (Å²) in [4.78, 5) is 52.5. The molecule has 216 valence electrons. The summed E-state index contributed by atoms with van der Waals surface area (Å²) in [5.74, 6) is -1.43. The number of esters is 1. The van der Waals surface area contributed by atoms with Crippen LogP contribution in [0.25, 0.3) is 10.8 Å². The monoisotopic (exact) mass is 557 g/mol. The van der Waals surface area contributed by atoms with Crippen LogP contribution in [0.4, 0.5) is 16.2 Å². The fourth-order valence-electron chi connectivity index (χ4n) is 5.47. The third-order valence-electron chi connectivity index (χ3n) is 7.23. The van der Waals surface area contributed by atoms with Crippen molar-refractivity contribution in [3.05, 3.63) is 70.8 Å². The average Bonchev–Trinajstić information content (AvgIpc) is 2.87. The van der Waals surface area contributed by atoms with E-state index in [2.05, 4.69) is 16.0 Å². The van der Waals surface area contributed by atoms with Crippen LogP contribution < -0.4 is 16.0 Å². The van der Waals surface area contributed by atoms with E-state index < -0.39 is 29.6 Å². The molecule has 4 rings (SSSR count). The first-order chi connectivity index (χ1) is 19.3. The quantitative estimate of drug-likeness (QED) is 0.295. The Kier molecular flexibility index (Phi) is 8.80. The molecule has 0 heterocycles. The van der Waals surface area contributed by atoms with E-state index in [-0.39, 0.29) is 23.7 Å². The number of ether oxygens (including phenoxy) is 1. The Balaban J connectivity index is 1.66. The number of amides is 3. The summed E-state index contributed by atoms with van der Waals surface area (Å²) < 4.78 is 5.64. The largest absolute Gasteiger partial charge is 0.458 e. The Morgan fingerprint density at radius 3 is 2.17 bits per heavy atom. The SMILES string of the molecule is Cc1cc(C)c(NC(=O)Nc2cc3ccccc3cc2C(=O)N[C@H](C(=O)OC(C)(C)C)[C@H]2CCCC(=O)C2)c(C)c1. The minimum atomic E-state index is -1.00. The van der Waals surface area contributed by atoms with Crippen LogP contribution in [0.15, 0.2) is 48.5 Å². The fourth-order valence-corrected chi connectivity index (χ4v) is 5.47. The van der Waals surface area contributed by atoms with Gasteiger partial charge >= 0.3 is 12.0 Å². The van der Waals surface area contributed by atoms with E-state index in [1.165, 1.54) is 0 Å². The van der Waals surface area contributed by atoms with Gasteiger partial charge in [0.2, 0.25) is 0 Å². The van der Waals surface area contributed by atoms with Gasteiger partial charge < -0.3 is 20.7 Å². The van der Waals surface area contributed by atoms with Crippen molar-refractivity contribution >= 4 is 45.8 Å². The van der Waals surface area contributed by atoms with Crippen LogP contribution >= 0.6 is 0 Å². The summed E-state index contributed by atoms with van der Waals surface area (Å²) in [5, 5.41) is 10.3. The summed E-state index contributed by atoms with van der Waals surface area (Å²) in [5.41, 5.74) is 3.38. The third-order valence-corrected chi connectivity index (χ3v) is 7.23. The van der Waals surface area contributed by atoms with Crippen molar-refractivity contribution in [3.8, 4) is 0 Å². The molecular formula is C33H39N3O5. The second kappa shape index (κ2) is 12.1. The van der Waals surface area contributed by atoms with Crippen molar-refractivity contribution in [2.45, 2.75) is 78.9 Å². The van der Waals surface area contributed by atoms with Crippen LogP contribution in [0.2, 0.25) is 0 Å². The maximum Gasteiger partial charge on any atom is 0.329 e. The van der Waals surface area contributed by atoms with Crippen molar-refractivity contribution < 1.29 is 23.9 Å². The molecule has 0 unspecified atom stereocenters. The fraction of sp³-hybridized carbons (Fsp3) is 0.394. The summed E-state index contributed by atoms with van der Waals surface area (Å²) in [6, 6.07) is 13.4. The number of fused-ring (bicyclic) bond motifs is 1. The van der Waals surface area contributed by atoms with Crippen LogP contribution in [-0.2, 0) is 14.3 Å². The summed E-state index contributed by atoms with van der Waals surface area (Å²) >= 11 is 0. The highest BCUT2D eigenvalue weighted by Gasteiger charge is 2.36. The number of Topliss-reactive ketones (excluding diaryl/α,β-unsaturated/α-hetero) is 1. The lowest BCUT2D eigenvalue weighted by Gasteiger charge is -2.31. The van der Waals surface area contributed by atoms with Gasteiger partial charge in [0.15, 0.2) is 0 Å². The maximum atomic E-state index is 13.8. The summed E-state index contributed by atoms with van der Waals surface area (Å²) in [6.07, 6.45) is 1.94. The van der Waals surface area contributed by atoms with E-state index in [1.54, 1.807) is 32.9 Å². The maximum absolute atomic E-state index is 13.8. The Morgan fingerprint density at radius 2 is 1.56 bits per heavy atom. The van der Waals surface area contributed by atoms with Gasteiger partial charge in [0.05, 0.1) is 11.3 Å². The first kappa shape index (κ1) is 29.8. The minimum absolute atomic E-state index is 0.0653. The molecular weight excluding hydrogens is 518 g/mol. The molecule has 3 N–H and O–H groups in total. The topological polar surface area (TPSA) is 114 Å². The molecule has 0 aromatic heterocycles. The zero-order chi connectivity index (χ0) is 29.9. The Morgan fingerprint density at radius 1 is 0.927 bits per heavy atom. The number of carbonyl (C=O) groups excluding carboxylic acids is 4. The molecule has 1 aliphatic rings. The molecule has 3 amide bonds. The number of hydrogen-bond acceptors (Lipinski definition) is 5. The normalized spacial score (nSPS) is 16.1. The number of ketones is 1. The first-order valence-corrected chi connectivity index (χ1v) is 14.0. The molecule has 2 atom stereocenters. The van der Waals surface area contributed by atoms with Gasteiger partial charge in [-0.1, -0.05) is 42.0 Å². The zero-order valence-electron chi connectivity index (χ0n) is 24.6. The number of hydrogen-bond donors (Lipinski definition) is 3. The van der Waals surface area contributed by atoms with Crippen LogP contribution in [-0.4, -0.2) is 35.3 Å². The van der Waals surface area contributed by atoms with Crippen LogP contribution in [0, 0.1) is 26.7 Å². The highest BCUT2D eigenvalue weighted by atomic mass is 16.6. The second-order valence-electron chi connectivity index (χ2n) is 12.0. The van der Waals surface area contributed by atoms with E-state index in [9.17, 15) is 19.2 Å². The molecule has 1 fully saturated rings. The molecule has 1 aliphatic carbocycles. The number of urea groups is 1. The molecule has 0 bridgehead atoms. The van der Waals surface area contributed by atoms with Crippen molar-refractivity contribution in [1.82, 2.24) is 5.32 Å². The van der Waals surface area contributed by atoms with Crippen molar-refractivity contribution in [3.63, 3.8) is 0 Å². The van der Waals surface area contributed by atoms with Crippen LogP contribution in [0.5, 0.6) is 0 Å². The summed E-state index contributed by atoms with van der Waals surface area (Å²) in [6.45, 7) is 11.1. The number of benzene rings is 3. The predicted molar refractivity (Wildman–Crippen MR) is 161 cm³/mol. The molecule has 8 nitrogen and oxygen atoms in total. The Labute approximate surface area is 241 Å². The zero-order valence-corrected chi connectivity index (χ0v) is 24.6. The van der Waals surface area contributed by atoms with Crippen molar-refractivity contribution in [2.75, 3.05) is 10.6 Å². The minimum Gasteiger partial charge on any atom is -0.458 e. The standard InChI is InChI=1S/C33H39N3O5/c1-19-14-20(2)28(21(3)15-19)36-32(40)34-27-18-23-11-8-7-10-22(23)17-26(27)30(38)35-29(31(39)41-33(4,5)6)24-12-9-13-25(37)16-24/h7-8,10-11,14-15,17-18,24,29H,9,12-13,16H2,1-6H3,(H,35,38)(H2,34,36,40)/t24-,29-/m0/s1. The van der Waals surface area contributed by atoms with Crippen LogP contribution in [0.3, 0.4) is 0 Å². The molecule has 0 spiro atoms. The lowest BCUT2D eigenvalue weighted by Crippen LogP contribution is -2.49. The highest BCUT2D eigenvalue weighted by Crippen LogP contribution is 2.29. The number of rotatable bonds is 6. The first-order valence-electron chi connectivity index (χ1n) is 14.0. The molecule has 3 aromatic rings. The molecule has 8 heteroatoms. The van der Waals surface area contributed by atoms with E-state index in [4.69, 9.17) is 4.74 Å². The number of aryl methyl sites for hydroxylation is 3. The van der Waals surface area contributed by atoms with E-state index in [1.807, 2.05) is 57.2 Å². The molecule has 1 saturated carbocycles. The van der Waals surface area contributed by atoms with E-state index in [0.717, 1.165) is 27.5 Å².